The summed E-state index contributed by atoms with van der Waals surface area (Å²) in [5, 5.41) is 0. The predicted octanol–water partition coefficient (Wildman–Crippen LogP) is -4.30. The summed E-state index contributed by atoms with van der Waals surface area (Å²) in [6, 6.07) is 0. The van der Waals surface area contributed by atoms with Crippen LogP contribution in [0.1, 0.15) is 52.4 Å². The molecule has 0 aromatic carbocycles. The first-order valence-electron chi connectivity index (χ1n) is 5.57. The molecule has 0 saturated carbocycles. The smallest absolute Gasteiger partial charge is 0.222 e. The van der Waals surface area contributed by atoms with Gasteiger partial charge in [0.25, 0.3) is 21.2 Å². The molecule has 0 aromatic heterocycles. The topological polar surface area (TPSA) is 92.2 Å². The lowest BCUT2D eigenvalue weighted by Crippen LogP contribution is -3.63. The van der Waals surface area contributed by atoms with E-state index in [1.165, 1.54) is 38.5 Å². The minimum Gasteiger partial charge on any atom is -0.222 e. The Bertz CT molecular complexity index is 116. The van der Waals surface area contributed by atoms with Crippen molar-refractivity contribution in [2.24, 2.45) is 0 Å². The van der Waals surface area contributed by atoms with Crippen LogP contribution < -0.4 is 39.8 Å². The SMILES string of the molecule is CCCCC[I+]CCCCC.[O-][Cl+3]([O-])([O-])[O-]. The molecule has 6 heteroatoms. The third-order valence-corrected chi connectivity index (χ3v) is 4.79. The van der Waals surface area contributed by atoms with Crippen LogP contribution in [0.25, 0.3) is 0 Å². The second kappa shape index (κ2) is 13.9. The van der Waals surface area contributed by atoms with Gasteiger partial charge in [-0.05, 0) is 25.7 Å². The average Bonchev–Trinajstić information content (AvgIpc) is 2.14. The van der Waals surface area contributed by atoms with Crippen LogP contribution in [0.15, 0.2) is 0 Å². The summed E-state index contributed by atoms with van der Waals surface area (Å²) < 4.78 is 37.1. The van der Waals surface area contributed by atoms with Gasteiger partial charge in [0.1, 0.15) is 8.86 Å². The quantitative estimate of drug-likeness (QED) is 0.246. The summed E-state index contributed by atoms with van der Waals surface area (Å²) in [4.78, 5) is 0. The van der Waals surface area contributed by atoms with E-state index in [1.54, 1.807) is 8.86 Å². The number of halogens is 2. The highest BCUT2D eigenvalue weighted by Crippen LogP contribution is 1.89. The Morgan fingerprint density at radius 1 is 0.750 bits per heavy atom. The van der Waals surface area contributed by atoms with Crippen LogP contribution in [-0.2, 0) is 0 Å². The second-order valence-electron chi connectivity index (χ2n) is 3.36. The molecule has 0 saturated heterocycles. The Balaban J connectivity index is 0. The molecule has 0 fully saturated rings. The maximum atomic E-state index is 8.49. The van der Waals surface area contributed by atoms with E-state index in [2.05, 4.69) is 13.8 Å². The molecule has 0 radical (unpaired) electrons. The zero-order valence-electron chi connectivity index (χ0n) is 10.0. The molecular weight excluding hydrogens is 346 g/mol. The molecule has 0 N–H and O–H groups in total. The molecule has 0 aliphatic rings. The Hall–Kier alpha value is 0.860. The number of hydrogen-bond donors (Lipinski definition) is 0. The monoisotopic (exact) mass is 368 g/mol. The predicted molar refractivity (Wildman–Crippen MR) is 48.8 cm³/mol. The Labute approximate surface area is 111 Å². The van der Waals surface area contributed by atoms with E-state index in [0.717, 1.165) is 0 Å². The third-order valence-electron chi connectivity index (χ3n) is 1.74. The van der Waals surface area contributed by atoms with Gasteiger partial charge in [0, 0.05) is 0 Å². The molecule has 0 amide bonds. The zero-order valence-corrected chi connectivity index (χ0v) is 13.0. The van der Waals surface area contributed by atoms with Crippen LogP contribution in [0.2, 0.25) is 0 Å². The van der Waals surface area contributed by atoms with Gasteiger partial charge in [-0.3, -0.25) is 0 Å². The Morgan fingerprint density at radius 2 is 1.06 bits per heavy atom. The van der Waals surface area contributed by atoms with Gasteiger partial charge in [0.15, 0.2) is 0 Å². The van der Waals surface area contributed by atoms with Gasteiger partial charge in [-0.25, -0.2) is 18.6 Å². The highest BCUT2D eigenvalue weighted by Gasteiger charge is 2.03. The molecule has 0 heterocycles. The van der Waals surface area contributed by atoms with E-state index >= 15 is 0 Å². The van der Waals surface area contributed by atoms with E-state index in [9.17, 15) is 0 Å². The van der Waals surface area contributed by atoms with Crippen LogP contribution >= 0.6 is 0 Å². The fraction of sp³-hybridized carbons (Fsp3) is 1.00. The number of alkyl halides is 2. The van der Waals surface area contributed by atoms with E-state index in [1.807, 2.05) is 0 Å². The minimum absolute atomic E-state index is 0.600. The summed E-state index contributed by atoms with van der Waals surface area (Å²) in [6.07, 6.45) is 8.73. The number of hydrogen-bond acceptors (Lipinski definition) is 4. The van der Waals surface area contributed by atoms with E-state index in [4.69, 9.17) is 18.6 Å². The molecule has 0 rings (SSSR count). The summed E-state index contributed by atoms with van der Waals surface area (Å²) in [6.45, 7) is 4.57. The standard InChI is InChI=1S/C10H22I.ClHO4/c1-3-5-7-9-11-10-8-6-4-2;2-1(3,4)5/h3-10H2,1-2H3;(H,2,3,4,5)/q+1;/p-1. The van der Waals surface area contributed by atoms with E-state index < -0.39 is 10.2 Å². The minimum atomic E-state index is -4.94. The zero-order chi connectivity index (χ0) is 12.9. The first kappa shape index (κ1) is 19.2. The molecular formula is C10H22ClIO4. The van der Waals surface area contributed by atoms with Crippen LogP contribution in [0.5, 0.6) is 0 Å². The normalized spacial score (nSPS) is 10.9. The van der Waals surface area contributed by atoms with Crippen molar-refractivity contribution in [1.29, 1.82) is 0 Å². The van der Waals surface area contributed by atoms with Gasteiger partial charge in [-0.1, -0.05) is 26.7 Å². The largest absolute Gasteiger partial charge is 0.268 e. The fourth-order valence-corrected chi connectivity index (χ4v) is 3.67. The molecule has 0 atom stereocenters. The van der Waals surface area contributed by atoms with Crippen LogP contribution in [0.3, 0.4) is 0 Å². The van der Waals surface area contributed by atoms with Gasteiger partial charge in [-0.15, -0.1) is 10.2 Å². The van der Waals surface area contributed by atoms with Gasteiger partial charge in [0.2, 0.25) is 0 Å². The van der Waals surface area contributed by atoms with E-state index in [-0.39, 0.29) is 0 Å². The van der Waals surface area contributed by atoms with Crippen molar-refractivity contribution in [3.63, 3.8) is 0 Å². The summed E-state index contributed by atoms with van der Waals surface area (Å²) >= 11 is 0.600. The van der Waals surface area contributed by atoms with Crippen LogP contribution in [0.4, 0.5) is 0 Å². The lowest BCUT2D eigenvalue weighted by Gasteiger charge is -2.17. The molecule has 16 heavy (non-hydrogen) atoms. The highest BCUT2D eigenvalue weighted by atomic mass is 127. The first-order valence-corrected chi connectivity index (χ1v) is 9.85. The fourth-order valence-electron chi connectivity index (χ4n) is 0.972. The molecule has 0 aromatic rings. The van der Waals surface area contributed by atoms with Crippen molar-refractivity contribution < 1.29 is 50.1 Å². The molecule has 0 unspecified atom stereocenters. The molecule has 4 nitrogen and oxygen atoms in total. The highest BCUT2D eigenvalue weighted by molar-refractivity contribution is 4.34. The van der Waals surface area contributed by atoms with Gasteiger partial charge >= 0.3 is 0 Å². The van der Waals surface area contributed by atoms with Crippen LogP contribution in [0, 0.1) is 10.2 Å². The lowest BCUT2D eigenvalue weighted by atomic mass is 10.3. The molecule has 0 spiro atoms. The number of unbranched alkanes of at least 4 members (excludes halogenated alkanes) is 4. The summed E-state index contributed by atoms with van der Waals surface area (Å²) in [5.41, 5.74) is 0. The maximum Gasteiger partial charge on any atom is 0.268 e. The first-order chi connectivity index (χ1) is 7.41. The molecule has 0 bridgehead atoms. The molecule has 100 valence electrons. The second-order valence-corrected chi connectivity index (χ2v) is 7.35. The Morgan fingerprint density at radius 3 is 1.31 bits per heavy atom. The van der Waals surface area contributed by atoms with Gasteiger partial charge in [0.05, 0.1) is 0 Å². The van der Waals surface area contributed by atoms with Gasteiger partial charge < -0.3 is 0 Å². The van der Waals surface area contributed by atoms with Crippen molar-refractivity contribution in [2.45, 2.75) is 52.4 Å². The van der Waals surface area contributed by atoms with Crippen molar-refractivity contribution in [1.82, 2.24) is 0 Å². The molecule has 0 aliphatic carbocycles. The molecule has 0 aliphatic heterocycles. The van der Waals surface area contributed by atoms with Crippen molar-refractivity contribution >= 4 is 0 Å². The van der Waals surface area contributed by atoms with Gasteiger partial charge in [-0.2, -0.15) is 0 Å². The lowest BCUT2D eigenvalue weighted by molar-refractivity contribution is -2.00. The average molecular weight is 369 g/mol. The number of rotatable bonds is 8. The Kier molecular flexibility index (Phi) is 16.7. The van der Waals surface area contributed by atoms with Crippen LogP contribution in [-0.4, -0.2) is 8.86 Å². The third kappa shape index (κ3) is 36.4. The summed E-state index contributed by atoms with van der Waals surface area (Å²) in [7, 11) is -4.94. The maximum absolute atomic E-state index is 8.49. The van der Waals surface area contributed by atoms with Crippen molar-refractivity contribution in [2.75, 3.05) is 8.86 Å². The summed E-state index contributed by atoms with van der Waals surface area (Å²) in [5.74, 6) is 0. The van der Waals surface area contributed by atoms with E-state index in [0.29, 0.717) is 21.2 Å². The van der Waals surface area contributed by atoms with Crippen molar-refractivity contribution in [3.05, 3.63) is 0 Å². The van der Waals surface area contributed by atoms with Crippen molar-refractivity contribution in [3.8, 4) is 0 Å².